The zero-order valence-corrected chi connectivity index (χ0v) is 13.6. The first kappa shape index (κ1) is 17.3. The minimum Gasteiger partial charge on any atom is -0.388 e. The lowest BCUT2D eigenvalue weighted by Gasteiger charge is -2.17. The zero-order chi connectivity index (χ0) is 18.0. The number of aliphatic hydroxyl groups excluding tert-OH is 2. The Morgan fingerprint density at radius 2 is 1.96 bits per heavy atom. The van der Waals surface area contributed by atoms with Crippen molar-refractivity contribution in [2.24, 2.45) is 0 Å². The normalized spacial score (nSPS) is 25.7. The SMILES string of the molecule is CC[C@H]1O[C@@H](n2ccc(NC(=O)c3ccccc3)nc2=O)C(O)[C@H]1O. The smallest absolute Gasteiger partial charge is 0.351 e. The molecule has 0 aliphatic carbocycles. The fraction of sp³-hybridized carbons (Fsp3) is 0.353. The van der Waals surface area contributed by atoms with E-state index in [2.05, 4.69) is 10.3 Å². The average molecular weight is 345 g/mol. The molecule has 1 fully saturated rings. The topological polar surface area (TPSA) is 114 Å². The number of carbonyl (C=O) groups excluding carboxylic acids is 1. The van der Waals surface area contributed by atoms with Crippen molar-refractivity contribution >= 4 is 11.7 Å². The fourth-order valence-electron chi connectivity index (χ4n) is 2.75. The average Bonchev–Trinajstić information content (AvgIpc) is 2.91. The lowest BCUT2D eigenvalue weighted by molar-refractivity contribution is -0.0403. The second-order valence-corrected chi connectivity index (χ2v) is 5.78. The van der Waals surface area contributed by atoms with E-state index >= 15 is 0 Å². The molecule has 0 radical (unpaired) electrons. The predicted molar refractivity (Wildman–Crippen MR) is 89.1 cm³/mol. The highest BCUT2D eigenvalue weighted by molar-refractivity contribution is 6.03. The molecule has 2 heterocycles. The van der Waals surface area contributed by atoms with E-state index in [9.17, 15) is 19.8 Å². The fourth-order valence-corrected chi connectivity index (χ4v) is 2.75. The zero-order valence-electron chi connectivity index (χ0n) is 13.6. The van der Waals surface area contributed by atoms with E-state index in [1.807, 2.05) is 6.92 Å². The quantitative estimate of drug-likeness (QED) is 0.745. The van der Waals surface area contributed by atoms with Crippen molar-refractivity contribution in [3.63, 3.8) is 0 Å². The number of carbonyl (C=O) groups is 1. The Kier molecular flexibility index (Phi) is 4.93. The van der Waals surface area contributed by atoms with Crippen LogP contribution in [-0.2, 0) is 4.74 Å². The molecule has 1 aliphatic heterocycles. The van der Waals surface area contributed by atoms with E-state index in [1.165, 1.54) is 12.3 Å². The number of anilines is 1. The Labute approximate surface area is 143 Å². The summed E-state index contributed by atoms with van der Waals surface area (Å²) in [5.41, 5.74) is -0.254. The summed E-state index contributed by atoms with van der Waals surface area (Å²) < 4.78 is 6.63. The van der Waals surface area contributed by atoms with Crippen LogP contribution < -0.4 is 11.0 Å². The molecule has 4 atom stereocenters. The lowest BCUT2D eigenvalue weighted by atomic mass is 10.1. The molecule has 3 N–H and O–H groups in total. The van der Waals surface area contributed by atoms with Gasteiger partial charge in [-0.2, -0.15) is 4.98 Å². The maximum absolute atomic E-state index is 12.2. The maximum Gasteiger partial charge on any atom is 0.351 e. The number of nitrogens with zero attached hydrogens (tertiary/aromatic N) is 2. The molecule has 1 amide bonds. The third-order valence-corrected chi connectivity index (χ3v) is 4.12. The van der Waals surface area contributed by atoms with Crippen LogP contribution in [0.15, 0.2) is 47.4 Å². The van der Waals surface area contributed by atoms with Crippen molar-refractivity contribution in [3.8, 4) is 0 Å². The minimum absolute atomic E-state index is 0.0928. The van der Waals surface area contributed by atoms with Crippen LogP contribution in [0.4, 0.5) is 5.82 Å². The van der Waals surface area contributed by atoms with Gasteiger partial charge in [-0.3, -0.25) is 9.36 Å². The van der Waals surface area contributed by atoms with E-state index in [1.54, 1.807) is 30.3 Å². The second kappa shape index (κ2) is 7.14. The summed E-state index contributed by atoms with van der Waals surface area (Å²) in [6, 6.07) is 9.98. The van der Waals surface area contributed by atoms with E-state index in [0.717, 1.165) is 4.57 Å². The summed E-state index contributed by atoms with van der Waals surface area (Å²) in [5.74, 6) is -0.293. The van der Waals surface area contributed by atoms with Gasteiger partial charge in [-0.05, 0) is 24.6 Å². The standard InChI is InChI=1S/C17H19N3O5/c1-2-11-13(21)14(22)16(25-11)20-9-8-12(19-17(20)24)18-15(23)10-6-4-3-5-7-10/h3-9,11,13-14,16,21-22H,2H2,1H3,(H,18,19,23,24)/t11-,13+,14?,16-/m1/s1. The van der Waals surface area contributed by atoms with E-state index in [4.69, 9.17) is 4.74 Å². The first-order valence-corrected chi connectivity index (χ1v) is 7.98. The van der Waals surface area contributed by atoms with Gasteiger partial charge in [0.05, 0.1) is 6.10 Å². The second-order valence-electron chi connectivity index (χ2n) is 5.78. The molecule has 3 rings (SSSR count). The van der Waals surface area contributed by atoms with Gasteiger partial charge in [-0.15, -0.1) is 0 Å². The van der Waals surface area contributed by atoms with Crippen LogP contribution in [0.25, 0.3) is 0 Å². The number of hydrogen-bond acceptors (Lipinski definition) is 6. The molecule has 0 saturated carbocycles. The summed E-state index contributed by atoms with van der Waals surface area (Å²) in [6.45, 7) is 1.81. The maximum atomic E-state index is 12.2. The first-order chi connectivity index (χ1) is 12.0. The van der Waals surface area contributed by atoms with Crippen LogP contribution in [0.3, 0.4) is 0 Å². The molecular formula is C17H19N3O5. The van der Waals surface area contributed by atoms with Crippen molar-refractivity contribution in [2.45, 2.75) is 37.9 Å². The van der Waals surface area contributed by atoms with Gasteiger partial charge in [-0.1, -0.05) is 25.1 Å². The number of aromatic nitrogens is 2. The molecule has 1 unspecified atom stereocenters. The molecule has 1 aromatic carbocycles. The van der Waals surface area contributed by atoms with Crippen LogP contribution in [0.5, 0.6) is 0 Å². The van der Waals surface area contributed by atoms with Gasteiger partial charge >= 0.3 is 5.69 Å². The van der Waals surface area contributed by atoms with Crippen LogP contribution in [-0.4, -0.2) is 44.0 Å². The van der Waals surface area contributed by atoms with Crippen LogP contribution in [0.2, 0.25) is 0 Å². The molecular weight excluding hydrogens is 326 g/mol. The van der Waals surface area contributed by atoms with Crippen molar-refractivity contribution in [1.29, 1.82) is 0 Å². The van der Waals surface area contributed by atoms with E-state index < -0.39 is 30.2 Å². The Balaban J connectivity index is 1.78. The molecule has 0 spiro atoms. The highest BCUT2D eigenvalue weighted by Crippen LogP contribution is 2.29. The summed E-state index contributed by atoms with van der Waals surface area (Å²) in [6.07, 6.45) is -1.99. The number of nitrogens with one attached hydrogen (secondary N) is 1. The van der Waals surface area contributed by atoms with Crippen LogP contribution >= 0.6 is 0 Å². The molecule has 1 saturated heterocycles. The number of rotatable bonds is 4. The number of hydrogen-bond donors (Lipinski definition) is 3. The molecule has 132 valence electrons. The summed E-state index contributed by atoms with van der Waals surface area (Å²) in [7, 11) is 0. The van der Waals surface area contributed by atoms with Gasteiger partial charge in [0.15, 0.2) is 6.23 Å². The Bertz CT molecular complexity index is 807. The van der Waals surface area contributed by atoms with Gasteiger partial charge in [0.25, 0.3) is 5.91 Å². The van der Waals surface area contributed by atoms with Crippen molar-refractivity contribution < 1.29 is 19.7 Å². The number of aliphatic hydroxyl groups is 2. The lowest BCUT2D eigenvalue weighted by Crippen LogP contribution is -2.35. The highest BCUT2D eigenvalue weighted by atomic mass is 16.6. The van der Waals surface area contributed by atoms with Crippen LogP contribution in [0.1, 0.15) is 29.9 Å². The summed E-state index contributed by atoms with van der Waals surface area (Å²) >= 11 is 0. The molecule has 0 bridgehead atoms. The monoisotopic (exact) mass is 345 g/mol. The number of ether oxygens (including phenoxy) is 1. The molecule has 8 nitrogen and oxygen atoms in total. The highest BCUT2D eigenvalue weighted by Gasteiger charge is 2.43. The summed E-state index contributed by atoms with van der Waals surface area (Å²) in [5, 5.41) is 22.5. The van der Waals surface area contributed by atoms with Crippen molar-refractivity contribution in [3.05, 3.63) is 58.6 Å². The molecule has 1 aliphatic rings. The van der Waals surface area contributed by atoms with Crippen LogP contribution in [0, 0.1) is 0 Å². The Morgan fingerprint density at radius 3 is 2.56 bits per heavy atom. The minimum atomic E-state index is -1.23. The third-order valence-electron chi connectivity index (χ3n) is 4.12. The molecule has 1 aromatic heterocycles. The molecule has 25 heavy (non-hydrogen) atoms. The largest absolute Gasteiger partial charge is 0.388 e. The number of amides is 1. The van der Waals surface area contributed by atoms with Gasteiger partial charge < -0.3 is 20.3 Å². The van der Waals surface area contributed by atoms with Gasteiger partial charge in [0.1, 0.15) is 18.0 Å². The first-order valence-electron chi connectivity index (χ1n) is 7.98. The Hall–Kier alpha value is -2.55. The van der Waals surface area contributed by atoms with Gasteiger partial charge in [0.2, 0.25) is 0 Å². The van der Waals surface area contributed by atoms with Gasteiger partial charge in [-0.25, -0.2) is 4.79 Å². The van der Waals surface area contributed by atoms with E-state index in [-0.39, 0.29) is 11.7 Å². The predicted octanol–water partition coefficient (Wildman–Crippen LogP) is 0.525. The Morgan fingerprint density at radius 1 is 1.24 bits per heavy atom. The molecule has 2 aromatic rings. The molecule has 8 heteroatoms. The number of benzene rings is 1. The van der Waals surface area contributed by atoms with Gasteiger partial charge in [0, 0.05) is 11.8 Å². The summed E-state index contributed by atoms with van der Waals surface area (Å²) in [4.78, 5) is 28.1. The third kappa shape index (κ3) is 3.46. The van der Waals surface area contributed by atoms with E-state index in [0.29, 0.717) is 12.0 Å². The van der Waals surface area contributed by atoms with Crippen molar-refractivity contribution in [1.82, 2.24) is 9.55 Å². The van der Waals surface area contributed by atoms with Crippen molar-refractivity contribution in [2.75, 3.05) is 5.32 Å².